The highest BCUT2D eigenvalue weighted by atomic mass is 127. The van der Waals surface area contributed by atoms with Crippen molar-refractivity contribution in [3.8, 4) is 5.75 Å². The van der Waals surface area contributed by atoms with Gasteiger partial charge in [-0.2, -0.15) is 0 Å². The quantitative estimate of drug-likeness (QED) is 0.247. The number of rotatable bonds is 8. The van der Waals surface area contributed by atoms with E-state index >= 15 is 0 Å². The van der Waals surface area contributed by atoms with Crippen molar-refractivity contribution in [1.29, 1.82) is 0 Å². The summed E-state index contributed by atoms with van der Waals surface area (Å²) in [6.45, 7) is 6.67. The van der Waals surface area contributed by atoms with Crippen molar-refractivity contribution in [2.24, 2.45) is 4.99 Å². The van der Waals surface area contributed by atoms with Crippen molar-refractivity contribution in [1.82, 2.24) is 10.2 Å². The van der Waals surface area contributed by atoms with Crippen molar-refractivity contribution in [2.75, 3.05) is 32.8 Å². The van der Waals surface area contributed by atoms with Gasteiger partial charge in [0, 0.05) is 45.6 Å². The number of para-hydroxylation sites is 1. The Morgan fingerprint density at radius 2 is 1.79 bits per heavy atom. The van der Waals surface area contributed by atoms with Crippen LogP contribution in [0.4, 0.5) is 0 Å². The summed E-state index contributed by atoms with van der Waals surface area (Å²) in [6.07, 6.45) is 9.01. The molecule has 1 aromatic rings. The van der Waals surface area contributed by atoms with E-state index in [1.807, 2.05) is 30.3 Å². The summed E-state index contributed by atoms with van der Waals surface area (Å²) in [6, 6.07) is 10.1. The Hall–Kier alpha value is -1.02. The van der Waals surface area contributed by atoms with Gasteiger partial charge in [0.25, 0.3) is 0 Å². The lowest BCUT2D eigenvalue weighted by Gasteiger charge is -2.34. The Kier molecular flexibility index (Phi) is 11.0. The molecule has 28 heavy (non-hydrogen) atoms. The molecule has 0 unspecified atom stereocenters. The number of guanidine groups is 1. The lowest BCUT2D eigenvalue weighted by Crippen LogP contribution is -2.47. The largest absolute Gasteiger partial charge is 0.490 e. The minimum atomic E-state index is 0. The van der Waals surface area contributed by atoms with E-state index in [1.54, 1.807) is 0 Å². The maximum absolute atomic E-state index is 6.10. The molecular formula is C22H36IN3O2. The third kappa shape index (κ3) is 7.78. The predicted molar refractivity (Wildman–Crippen MR) is 126 cm³/mol. The van der Waals surface area contributed by atoms with Crippen LogP contribution in [-0.2, 0) is 4.74 Å². The number of halogens is 1. The second-order valence-electron chi connectivity index (χ2n) is 7.48. The lowest BCUT2D eigenvalue weighted by molar-refractivity contribution is 0.0578. The summed E-state index contributed by atoms with van der Waals surface area (Å²) < 4.78 is 12.0. The van der Waals surface area contributed by atoms with Gasteiger partial charge in [0.15, 0.2) is 5.96 Å². The molecule has 1 heterocycles. The molecule has 0 atom stereocenters. The zero-order valence-electron chi connectivity index (χ0n) is 17.1. The lowest BCUT2D eigenvalue weighted by atomic mass is 10.1. The second-order valence-corrected chi connectivity index (χ2v) is 7.48. The number of nitrogens with zero attached hydrogens (tertiary/aromatic N) is 2. The van der Waals surface area contributed by atoms with Gasteiger partial charge in [0.1, 0.15) is 11.9 Å². The molecule has 0 aromatic heterocycles. The molecule has 0 amide bonds. The van der Waals surface area contributed by atoms with E-state index < -0.39 is 0 Å². The highest BCUT2D eigenvalue weighted by Crippen LogP contribution is 2.21. The number of hydrogen-bond donors (Lipinski definition) is 1. The number of nitrogens with one attached hydrogen (secondary N) is 1. The molecule has 1 aromatic carbocycles. The molecular weight excluding hydrogens is 465 g/mol. The Balaban J connectivity index is 0.00000280. The molecule has 1 aliphatic carbocycles. The summed E-state index contributed by atoms with van der Waals surface area (Å²) in [5.41, 5.74) is 0. The number of benzene rings is 1. The van der Waals surface area contributed by atoms with E-state index in [1.165, 1.54) is 25.7 Å². The number of likely N-dealkylation sites (tertiary alicyclic amines) is 1. The smallest absolute Gasteiger partial charge is 0.193 e. The van der Waals surface area contributed by atoms with Gasteiger partial charge in [0.2, 0.25) is 0 Å². The van der Waals surface area contributed by atoms with Crippen LogP contribution in [0.5, 0.6) is 5.75 Å². The van der Waals surface area contributed by atoms with Crippen LogP contribution in [0, 0.1) is 0 Å². The first-order valence-corrected chi connectivity index (χ1v) is 10.7. The van der Waals surface area contributed by atoms with E-state index in [-0.39, 0.29) is 24.0 Å². The molecule has 0 spiro atoms. The van der Waals surface area contributed by atoms with Crippen molar-refractivity contribution < 1.29 is 9.47 Å². The highest BCUT2D eigenvalue weighted by Gasteiger charge is 2.22. The molecule has 158 valence electrons. The zero-order chi connectivity index (χ0) is 18.7. The van der Waals surface area contributed by atoms with E-state index in [4.69, 9.17) is 14.5 Å². The van der Waals surface area contributed by atoms with Crippen LogP contribution < -0.4 is 10.1 Å². The molecule has 1 saturated carbocycles. The second kappa shape index (κ2) is 13.2. The molecule has 5 nitrogen and oxygen atoms in total. The van der Waals surface area contributed by atoms with Gasteiger partial charge in [-0.25, -0.2) is 0 Å². The molecule has 1 saturated heterocycles. The van der Waals surface area contributed by atoms with Crippen LogP contribution in [0.1, 0.15) is 51.9 Å². The molecule has 6 heteroatoms. The summed E-state index contributed by atoms with van der Waals surface area (Å²) in [5, 5.41) is 3.44. The number of aliphatic imine (C=N–C) groups is 1. The average Bonchev–Trinajstić information content (AvgIpc) is 3.22. The fourth-order valence-corrected chi connectivity index (χ4v) is 3.86. The van der Waals surface area contributed by atoms with Gasteiger partial charge in [0.05, 0.1) is 6.10 Å². The average molecular weight is 501 g/mol. The van der Waals surface area contributed by atoms with E-state index in [9.17, 15) is 0 Å². The van der Waals surface area contributed by atoms with Gasteiger partial charge < -0.3 is 19.7 Å². The Morgan fingerprint density at radius 3 is 2.46 bits per heavy atom. The maximum Gasteiger partial charge on any atom is 0.193 e. The fraction of sp³-hybridized carbons (Fsp3) is 0.682. The highest BCUT2D eigenvalue weighted by molar-refractivity contribution is 14.0. The summed E-state index contributed by atoms with van der Waals surface area (Å²) in [5.74, 6) is 2.01. The standard InChI is InChI=1S/C22H35N3O2.HI/c1-2-23-22(24-15-8-18-26-19-9-6-7-10-19)25-16-13-21(14-17-25)27-20-11-4-3-5-12-20;/h3-5,11-12,19,21H,2,6-10,13-18H2,1H3,(H,23,24);1H. The number of piperidine rings is 1. The van der Waals surface area contributed by atoms with Gasteiger partial charge in [-0.1, -0.05) is 31.0 Å². The minimum Gasteiger partial charge on any atom is -0.490 e. The first kappa shape index (κ1) is 23.3. The van der Waals surface area contributed by atoms with E-state index in [0.29, 0.717) is 12.2 Å². The molecule has 2 fully saturated rings. The Labute approximate surface area is 187 Å². The number of ether oxygens (including phenoxy) is 2. The monoisotopic (exact) mass is 501 g/mol. The van der Waals surface area contributed by atoms with Crippen molar-refractivity contribution in [3.05, 3.63) is 30.3 Å². The van der Waals surface area contributed by atoms with Gasteiger partial charge in [-0.15, -0.1) is 24.0 Å². The first-order valence-electron chi connectivity index (χ1n) is 10.7. The summed E-state index contributed by atoms with van der Waals surface area (Å²) >= 11 is 0. The van der Waals surface area contributed by atoms with E-state index in [0.717, 1.165) is 63.8 Å². The molecule has 0 bridgehead atoms. The topological polar surface area (TPSA) is 46.1 Å². The van der Waals surface area contributed by atoms with Gasteiger partial charge >= 0.3 is 0 Å². The van der Waals surface area contributed by atoms with Crippen molar-refractivity contribution in [3.63, 3.8) is 0 Å². The van der Waals surface area contributed by atoms with Crippen molar-refractivity contribution >= 4 is 29.9 Å². The van der Waals surface area contributed by atoms with Crippen LogP contribution in [0.2, 0.25) is 0 Å². The van der Waals surface area contributed by atoms with Crippen LogP contribution in [0.25, 0.3) is 0 Å². The van der Waals surface area contributed by atoms with Crippen molar-refractivity contribution in [2.45, 2.75) is 64.1 Å². The SMILES string of the molecule is CCNC(=NCCCOC1CCCC1)N1CCC(Oc2ccccc2)CC1.I. The van der Waals surface area contributed by atoms with Gasteiger partial charge in [-0.3, -0.25) is 4.99 Å². The molecule has 1 aliphatic heterocycles. The Morgan fingerprint density at radius 1 is 1.07 bits per heavy atom. The molecule has 3 rings (SSSR count). The van der Waals surface area contributed by atoms with Gasteiger partial charge in [-0.05, 0) is 38.3 Å². The zero-order valence-corrected chi connectivity index (χ0v) is 19.5. The minimum absolute atomic E-state index is 0. The van der Waals surface area contributed by atoms with Crippen LogP contribution in [0.3, 0.4) is 0 Å². The first-order chi connectivity index (χ1) is 13.3. The summed E-state index contributed by atoms with van der Waals surface area (Å²) in [4.78, 5) is 7.19. The van der Waals surface area contributed by atoms with Crippen LogP contribution in [0.15, 0.2) is 35.3 Å². The third-order valence-electron chi connectivity index (χ3n) is 5.34. The Bertz CT molecular complexity index is 556. The normalized spacial score (nSPS) is 18.8. The molecule has 2 aliphatic rings. The maximum atomic E-state index is 6.10. The van der Waals surface area contributed by atoms with Crippen LogP contribution in [-0.4, -0.2) is 55.9 Å². The van der Waals surface area contributed by atoms with Crippen LogP contribution >= 0.6 is 24.0 Å². The predicted octanol–water partition coefficient (Wildman–Crippen LogP) is 4.46. The fourth-order valence-electron chi connectivity index (χ4n) is 3.86. The molecule has 1 N–H and O–H groups in total. The van der Waals surface area contributed by atoms with E-state index in [2.05, 4.69) is 17.1 Å². The summed E-state index contributed by atoms with van der Waals surface area (Å²) in [7, 11) is 0. The number of hydrogen-bond acceptors (Lipinski definition) is 3. The third-order valence-corrected chi connectivity index (χ3v) is 5.34. The molecule has 0 radical (unpaired) electrons.